The Morgan fingerprint density at radius 1 is 0.720 bits per heavy atom. The number of benzene rings is 3. The molecule has 126 valence electrons. The van der Waals surface area contributed by atoms with Gasteiger partial charge in [0, 0.05) is 31.2 Å². The van der Waals surface area contributed by atoms with Gasteiger partial charge in [-0.15, -0.1) is 0 Å². The predicted octanol–water partition coefficient (Wildman–Crippen LogP) is 3.48. The Hall–Kier alpha value is -3.34. The van der Waals surface area contributed by atoms with Crippen LogP contribution in [0.4, 0.5) is 17.1 Å². The molecule has 0 saturated heterocycles. The molecule has 5 heteroatoms. The van der Waals surface area contributed by atoms with Crippen molar-refractivity contribution in [2.75, 3.05) is 29.6 Å². The molecule has 0 bridgehead atoms. The molecule has 0 spiro atoms. The van der Waals surface area contributed by atoms with E-state index in [0.717, 1.165) is 16.5 Å². The molecule has 3 rings (SSSR count). The lowest BCUT2D eigenvalue weighted by atomic mass is 10.1. The van der Waals surface area contributed by atoms with E-state index in [9.17, 15) is 9.59 Å². The number of amides is 2. The standard InChI is InChI=1S/C20H19N3O2/c1-23(2)18-11-9-16(10-12-18)21-19(24)20(25)22-17-8-7-14-5-3-4-6-15(14)13-17/h3-13H,1-2H3,(H,21,24)(H,22,25). The van der Waals surface area contributed by atoms with Crippen LogP contribution in [0.2, 0.25) is 0 Å². The lowest BCUT2D eigenvalue weighted by Crippen LogP contribution is -2.29. The van der Waals surface area contributed by atoms with Crippen LogP contribution in [-0.4, -0.2) is 25.9 Å². The number of rotatable bonds is 3. The first kappa shape index (κ1) is 16.5. The third kappa shape index (κ3) is 3.95. The van der Waals surface area contributed by atoms with Crippen molar-refractivity contribution in [3.8, 4) is 0 Å². The summed E-state index contributed by atoms with van der Waals surface area (Å²) in [5.41, 5.74) is 2.17. The lowest BCUT2D eigenvalue weighted by Gasteiger charge is -2.13. The SMILES string of the molecule is CN(C)c1ccc(NC(=O)C(=O)Nc2ccc3ccccc3c2)cc1. The highest BCUT2D eigenvalue weighted by Gasteiger charge is 2.14. The maximum absolute atomic E-state index is 12.1. The average molecular weight is 333 g/mol. The van der Waals surface area contributed by atoms with Gasteiger partial charge in [0.1, 0.15) is 0 Å². The topological polar surface area (TPSA) is 61.4 Å². The van der Waals surface area contributed by atoms with Crippen LogP contribution < -0.4 is 15.5 Å². The molecule has 0 radical (unpaired) electrons. The van der Waals surface area contributed by atoms with E-state index in [2.05, 4.69) is 10.6 Å². The highest BCUT2D eigenvalue weighted by molar-refractivity contribution is 6.43. The van der Waals surface area contributed by atoms with Gasteiger partial charge in [-0.2, -0.15) is 0 Å². The summed E-state index contributed by atoms with van der Waals surface area (Å²) in [5.74, 6) is -1.40. The summed E-state index contributed by atoms with van der Waals surface area (Å²) in [6, 6.07) is 20.6. The van der Waals surface area contributed by atoms with Gasteiger partial charge in [-0.25, -0.2) is 0 Å². The van der Waals surface area contributed by atoms with Gasteiger partial charge in [0.05, 0.1) is 0 Å². The molecule has 0 aliphatic heterocycles. The van der Waals surface area contributed by atoms with Crippen molar-refractivity contribution in [1.82, 2.24) is 0 Å². The van der Waals surface area contributed by atoms with Crippen molar-refractivity contribution in [3.63, 3.8) is 0 Å². The van der Waals surface area contributed by atoms with E-state index in [1.807, 2.05) is 67.5 Å². The summed E-state index contributed by atoms with van der Waals surface area (Å²) >= 11 is 0. The third-order valence-electron chi connectivity index (χ3n) is 3.86. The summed E-state index contributed by atoms with van der Waals surface area (Å²) in [6.45, 7) is 0. The van der Waals surface area contributed by atoms with E-state index in [-0.39, 0.29) is 0 Å². The van der Waals surface area contributed by atoms with Crippen LogP contribution in [0.15, 0.2) is 66.7 Å². The van der Waals surface area contributed by atoms with Crippen molar-refractivity contribution in [2.45, 2.75) is 0 Å². The molecule has 0 aliphatic carbocycles. The Kier molecular flexibility index (Phi) is 4.66. The zero-order chi connectivity index (χ0) is 17.8. The van der Waals surface area contributed by atoms with E-state index in [4.69, 9.17) is 0 Å². The second-order valence-corrected chi connectivity index (χ2v) is 5.91. The van der Waals surface area contributed by atoms with Crippen LogP contribution in [0.25, 0.3) is 10.8 Å². The lowest BCUT2D eigenvalue weighted by molar-refractivity contribution is -0.132. The molecule has 3 aromatic carbocycles. The zero-order valence-electron chi connectivity index (χ0n) is 14.1. The monoisotopic (exact) mass is 333 g/mol. The molecule has 0 aliphatic rings. The third-order valence-corrected chi connectivity index (χ3v) is 3.86. The van der Waals surface area contributed by atoms with Gasteiger partial charge >= 0.3 is 11.8 Å². The first-order chi connectivity index (χ1) is 12.0. The Bertz CT molecular complexity index is 918. The Balaban J connectivity index is 1.66. The Labute approximate surface area is 146 Å². The zero-order valence-corrected chi connectivity index (χ0v) is 14.1. The van der Waals surface area contributed by atoms with E-state index in [1.54, 1.807) is 18.2 Å². The molecule has 2 N–H and O–H groups in total. The molecule has 25 heavy (non-hydrogen) atoms. The van der Waals surface area contributed by atoms with Crippen molar-refractivity contribution >= 4 is 39.6 Å². The van der Waals surface area contributed by atoms with Gasteiger partial charge in [0.2, 0.25) is 0 Å². The number of carbonyl (C=O) groups is 2. The molecule has 0 heterocycles. The fourth-order valence-electron chi connectivity index (χ4n) is 2.49. The van der Waals surface area contributed by atoms with Crippen molar-refractivity contribution in [2.24, 2.45) is 0 Å². The fraction of sp³-hybridized carbons (Fsp3) is 0.100. The van der Waals surface area contributed by atoms with E-state index >= 15 is 0 Å². The van der Waals surface area contributed by atoms with Crippen LogP contribution in [0.5, 0.6) is 0 Å². The summed E-state index contributed by atoms with van der Waals surface area (Å²) in [4.78, 5) is 26.1. The second-order valence-electron chi connectivity index (χ2n) is 5.91. The van der Waals surface area contributed by atoms with E-state index in [0.29, 0.717) is 11.4 Å². The number of hydrogen-bond acceptors (Lipinski definition) is 3. The van der Waals surface area contributed by atoms with Crippen molar-refractivity contribution < 1.29 is 9.59 Å². The maximum Gasteiger partial charge on any atom is 0.314 e. The van der Waals surface area contributed by atoms with E-state index in [1.165, 1.54) is 0 Å². The molecular weight excluding hydrogens is 314 g/mol. The number of nitrogens with zero attached hydrogens (tertiary/aromatic N) is 1. The maximum atomic E-state index is 12.1. The quantitative estimate of drug-likeness (QED) is 0.721. The predicted molar refractivity (Wildman–Crippen MR) is 102 cm³/mol. The van der Waals surface area contributed by atoms with E-state index < -0.39 is 11.8 Å². The number of carbonyl (C=O) groups excluding carboxylic acids is 2. The fourth-order valence-corrected chi connectivity index (χ4v) is 2.49. The number of hydrogen-bond donors (Lipinski definition) is 2. The van der Waals surface area contributed by atoms with Gasteiger partial charge < -0.3 is 15.5 Å². The molecule has 0 unspecified atom stereocenters. The largest absolute Gasteiger partial charge is 0.378 e. The molecule has 0 saturated carbocycles. The van der Waals surface area contributed by atoms with Crippen molar-refractivity contribution in [1.29, 1.82) is 0 Å². The molecule has 3 aromatic rings. The molecule has 0 atom stereocenters. The van der Waals surface area contributed by atoms with Crippen LogP contribution >= 0.6 is 0 Å². The van der Waals surface area contributed by atoms with Crippen LogP contribution in [0.3, 0.4) is 0 Å². The van der Waals surface area contributed by atoms with Crippen LogP contribution in [0, 0.1) is 0 Å². The van der Waals surface area contributed by atoms with Gasteiger partial charge in [-0.1, -0.05) is 30.3 Å². The minimum atomic E-state index is -0.703. The highest BCUT2D eigenvalue weighted by Crippen LogP contribution is 2.19. The molecule has 5 nitrogen and oxygen atoms in total. The molecular formula is C20H19N3O2. The van der Waals surface area contributed by atoms with Gasteiger partial charge in [0.25, 0.3) is 0 Å². The van der Waals surface area contributed by atoms with Crippen LogP contribution in [-0.2, 0) is 9.59 Å². The number of fused-ring (bicyclic) bond motifs is 1. The second kappa shape index (κ2) is 7.05. The van der Waals surface area contributed by atoms with Gasteiger partial charge in [-0.05, 0) is 47.2 Å². The Morgan fingerprint density at radius 2 is 1.28 bits per heavy atom. The summed E-state index contributed by atoms with van der Waals surface area (Å²) in [5, 5.41) is 7.30. The Morgan fingerprint density at radius 3 is 1.92 bits per heavy atom. The average Bonchev–Trinajstić information content (AvgIpc) is 2.62. The minimum absolute atomic E-state index is 0.573. The summed E-state index contributed by atoms with van der Waals surface area (Å²) < 4.78 is 0. The normalized spacial score (nSPS) is 10.3. The molecule has 2 amide bonds. The van der Waals surface area contributed by atoms with Crippen molar-refractivity contribution in [3.05, 3.63) is 66.7 Å². The first-order valence-electron chi connectivity index (χ1n) is 7.91. The number of nitrogens with one attached hydrogen (secondary N) is 2. The molecule has 0 fully saturated rings. The summed E-state index contributed by atoms with van der Waals surface area (Å²) in [6.07, 6.45) is 0. The smallest absolute Gasteiger partial charge is 0.314 e. The minimum Gasteiger partial charge on any atom is -0.378 e. The number of anilines is 3. The van der Waals surface area contributed by atoms with Gasteiger partial charge in [0.15, 0.2) is 0 Å². The first-order valence-corrected chi connectivity index (χ1v) is 7.91. The van der Waals surface area contributed by atoms with Crippen LogP contribution in [0.1, 0.15) is 0 Å². The van der Waals surface area contributed by atoms with Gasteiger partial charge in [-0.3, -0.25) is 9.59 Å². The summed E-state index contributed by atoms with van der Waals surface area (Å²) in [7, 11) is 3.87. The highest BCUT2D eigenvalue weighted by atomic mass is 16.2. The molecule has 0 aromatic heterocycles.